The van der Waals surface area contributed by atoms with Crippen molar-refractivity contribution < 1.29 is 9.53 Å². The minimum atomic E-state index is -0.224. The zero-order chi connectivity index (χ0) is 15.8. The van der Waals surface area contributed by atoms with Crippen LogP contribution in [0, 0.1) is 0 Å². The van der Waals surface area contributed by atoms with E-state index < -0.39 is 0 Å². The van der Waals surface area contributed by atoms with E-state index in [4.69, 9.17) is 4.74 Å². The zero-order valence-electron chi connectivity index (χ0n) is 12.5. The standard InChI is InChI=1S/C18H18N2O2/c1-3-5-9-14(4-2)12-16-17(19-20-18(16)21)13-22-15-10-7-6-8-11-15/h3-12H,1,13H2,2H3,(H,20,21)/b9-5-,14-4+,16-12+. The van der Waals surface area contributed by atoms with E-state index in [1.54, 1.807) is 12.2 Å². The normalized spacial score (nSPS) is 16.8. The summed E-state index contributed by atoms with van der Waals surface area (Å²) in [6.07, 6.45) is 9.08. The molecule has 4 heteroatoms. The van der Waals surface area contributed by atoms with Crippen molar-refractivity contribution in [1.82, 2.24) is 5.43 Å². The highest BCUT2D eigenvalue weighted by Gasteiger charge is 2.22. The molecule has 1 aromatic carbocycles. The fraction of sp³-hybridized carbons (Fsp3) is 0.111. The first-order valence-electron chi connectivity index (χ1n) is 6.97. The first-order chi connectivity index (χ1) is 10.7. The predicted octanol–water partition coefficient (Wildman–Crippen LogP) is 3.17. The van der Waals surface area contributed by atoms with Crippen molar-refractivity contribution in [2.24, 2.45) is 5.10 Å². The van der Waals surface area contributed by atoms with Gasteiger partial charge in [-0.05, 0) is 30.7 Å². The lowest BCUT2D eigenvalue weighted by Gasteiger charge is -2.06. The first kappa shape index (κ1) is 15.5. The number of carbonyl (C=O) groups is 1. The summed E-state index contributed by atoms with van der Waals surface area (Å²) >= 11 is 0. The molecule has 1 aliphatic rings. The zero-order valence-corrected chi connectivity index (χ0v) is 12.5. The van der Waals surface area contributed by atoms with Crippen LogP contribution in [0.25, 0.3) is 0 Å². The smallest absolute Gasteiger partial charge is 0.273 e. The van der Waals surface area contributed by atoms with E-state index in [-0.39, 0.29) is 12.5 Å². The van der Waals surface area contributed by atoms with Gasteiger partial charge in [-0.3, -0.25) is 4.79 Å². The molecule has 112 valence electrons. The highest BCUT2D eigenvalue weighted by atomic mass is 16.5. The fourth-order valence-electron chi connectivity index (χ4n) is 1.87. The van der Waals surface area contributed by atoms with Crippen LogP contribution in [-0.2, 0) is 4.79 Å². The third-order valence-electron chi connectivity index (χ3n) is 3.04. The second-order valence-corrected chi connectivity index (χ2v) is 4.54. The largest absolute Gasteiger partial charge is 0.487 e. The quantitative estimate of drug-likeness (QED) is 0.647. The van der Waals surface area contributed by atoms with Crippen LogP contribution in [0.4, 0.5) is 0 Å². The van der Waals surface area contributed by atoms with E-state index in [2.05, 4.69) is 17.1 Å². The molecule has 1 aromatic rings. The highest BCUT2D eigenvalue weighted by molar-refractivity contribution is 6.25. The molecule has 0 atom stereocenters. The number of hydrogen-bond acceptors (Lipinski definition) is 3. The van der Waals surface area contributed by atoms with Crippen molar-refractivity contribution in [3.05, 3.63) is 78.4 Å². The van der Waals surface area contributed by atoms with Crippen molar-refractivity contribution in [3.8, 4) is 5.75 Å². The Bertz CT molecular complexity index is 668. The Hall–Kier alpha value is -2.88. The van der Waals surface area contributed by atoms with Crippen LogP contribution in [0.15, 0.2) is 83.5 Å². The van der Waals surface area contributed by atoms with Crippen molar-refractivity contribution >= 4 is 11.6 Å². The molecular formula is C18H18N2O2. The van der Waals surface area contributed by atoms with Gasteiger partial charge in [-0.1, -0.05) is 49.1 Å². The van der Waals surface area contributed by atoms with Crippen LogP contribution in [0.5, 0.6) is 5.75 Å². The van der Waals surface area contributed by atoms with Crippen LogP contribution in [-0.4, -0.2) is 18.2 Å². The molecule has 1 heterocycles. The number of hydrogen-bond donors (Lipinski definition) is 1. The number of amides is 1. The molecule has 1 amide bonds. The molecular weight excluding hydrogens is 276 g/mol. The second-order valence-electron chi connectivity index (χ2n) is 4.54. The Kier molecular flexibility index (Phi) is 5.49. The van der Waals surface area contributed by atoms with E-state index in [0.29, 0.717) is 11.3 Å². The van der Waals surface area contributed by atoms with Crippen LogP contribution in [0.3, 0.4) is 0 Å². The summed E-state index contributed by atoms with van der Waals surface area (Å²) in [6.45, 7) is 5.77. The topological polar surface area (TPSA) is 50.7 Å². The van der Waals surface area contributed by atoms with Gasteiger partial charge < -0.3 is 4.74 Å². The molecule has 0 bridgehead atoms. The Morgan fingerprint density at radius 3 is 2.82 bits per heavy atom. The lowest BCUT2D eigenvalue weighted by molar-refractivity contribution is -0.116. The predicted molar refractivity (Wildman–Crippen MR) is 88.7 cm³/mol. The maximum absolute atomic E-state index is 11.9. The maximum Gasteiger partial charge on any atom is 0.273 e. The van der Waals surface area contributed by atoms with Crippen molar-refractivity contribution in [2.75, 3.05) is 6.61 Å². The number of hydrazone groups is 1. The number of rotatable bonds is 6. The monoisotopic (exact) mass is 294 g/mol. The number of ether oxygens (including phenoxy) is 1. The van der Waals surface area contributed by atoms with E-state index in [0.717, 1.165) is 11.3 Å². The number of nitrogens with one attached hydrogen (secondary N) is 1. The molecule has 0 saturated carbocycles. The maximum atomic E-state index is 11.9. The average Bonchev–Trinajstić information content (AvgIpc) is 2.90. The summed E-state index contributed by atoms with van der Waals surface area (Å²) in [6, 6.07) is 9.42. The van der Waals surface area contributed by atoms with Gasteiger partial charge in [-0.15, -0.1) is 0 Å². The van der Waals surface area contributed by atoms with Gasteiger partial charge in [-0.2, -0.15) is 5.10 Å². The molecule has 22 heavy (non-hydrogen) atoms. The van der Waals surface area contributed by atoms with Gasteiger partial charge in [-0.25, -0.2) is 5.43 Å². The molecule has 4 nitrogen and oxygen atoms in total. The van der Waals surface area contributed by atoms with Gasteiger partial charge in [0.25, 0.3) is 5.91 Å². The van der Waals surface area contributed by atoms with Crippen LogP contribution >= 0.6 is 0 Å². The summed E-state index contributed by atoms with van der Waals surface area (Å²) in [5, 5.41) is 4.03. The molecule has 2 rings (SSSR count). The lowest BCUT2D eigenvalue weighted by atomic mass is 10.1. The molecule has 1 aliphatic heterocycles. The fourth-order valence-corrected chi connectivity index (χ4v) is 1.87. The molecule has 0 fully saturated rings. The van der Waals surface area contributed by atoms with Gasteiger partial charge in [0.1, 0.15) is 18.1 Å². The first-order valence-corrected chi connectivity index (χ1v) is 6.97. The van der Waals surface area contributed by atoms with Gasteiger partial charge in [0, 0.05) is 0 Å². The third kappa shape index (κ3) is 4.06. The molecule has 0 aliphatic carbocycles. The lowest BCUT2D eigenvalue weighted by Crippen LogP contribution is -2.16. The number of para-hydroxylation sites is 1. The van der Waals surface area contributed by atoms with Crippen LogP contribution < -0.4 is 10.2 Å². The van der Waals surface area contributed by atoms with Gasteiger partial charge in [0.15, 0.2) is 0 Å². The number of allylic oxidation sites excluding steroid dienone is 6. The molecule has 0 saturated heterocycles. The summed E-state index contributed by atoms with van der Waals surface area (Å²) in [5.41, 5.74) is 4.47. The minimum absolute atomic E-state index is 0.224. The molecule has 0 radical (unpaired) electrons. The van der Waals surface area contributed by atoms with Gasteiger partial charge >= 0.3 is 0 Å². The van der Waals surface area contributed by atoms with Crippen molar-refractivity contribution in [3.63, 3.8) is 0 Å². The van der Waals surface area contributed by atoms with Crippen LogP contribution in [0.2, 0.25) is 0 Å². The number of nitrogens with zero attached hydrogens (tertiary/aromatic N) is 1. The Labute approximate surface area is 130 Å². The molecule has 0 unspecified atom stereocenters. The molecule has 0 aromatic heterocycles. The summed E-state index contributed by atoms with van der Waals surface area (Å²) in [5.74, 6) is 0.514. The summed E-state index contributed by atoms with van der Waals surface area (Å²) < 4.78 is 5.65. The van der Waals surface area contributed by atoms with E-state index in [1.165, 1.54) is 0 Å². The Balaban J connectivity index is 2.12. The summed E-state index contributed by atoms with van der Waals surface area (Å²) in [4.78, 5) is 11.9. The summed E-state index contributed by atoms with van der Waals surface area (Å²) in [7, 11) is 0. The van der Waals surface area contributed by atoms with E-state index in [1.807, 2.05) is 55.5 Å². The Morgan fingerprint density at radius 1 is 1.36 bits per heavy atom. The molecule has 0 spiro atoms. The minimum Gasteiger partial charge on any atom is -0.487 e. The van der Waals surface area contributed by atoms with Gasteiger partial charge in [0.2, 0.25) is 0 Å². The highest BCUT2D eigenvalue weighted by Crippen LogP contribution is 2.14. The van der Waals surface area contributed by atoms with Crippen LogP contribution in [0.1, 0.15) is 6.92 Å². The number of carbonyl (C=O) groups excluding carboxylic acids is 1. The molecule has 1 N–H and O–H groups in total. The van der Waals surface area contributed by atoms with Crippen molar-refractivity contribution in [2.45, 2.75) is 6.92 Å². The van der Waals surface area contributed by atoms with E-state index >= 15 is 0 Å². The second kappa shape index (κ2) is 7.78. The SMILES string of the molecule is C=C\C=C/C(=C\C)/C=C1/C(=O)NN=C1COc1ccccc1. The average molecular weight is 294 g/mol. The third-order valence-corrected chi connectivity index (χ3v) is 3.04. The number of benzene rings is 1. The van der Waals surface area contributed by atoms with Gasteiger partial charge in [0.05, 0.1) is 5.57 Å². The van der Waals surface area contributed by atoms with E-state index in [9.17, 15) is 4.79 Å². The Morgan fingerprint density at radius 2 is 2.14 bits per heavy atom. The van der Waals surface area contributed by atoms with Crippen molar-refractivity contribution in [1.29, 1.82) is 0 Å².